The van der Waals surface area contributed by atoms with Crippen LogP contribution in [0, 0.1) is 0 Å². The quantitative estimate of drug-likeness (QED) is 0.497. The fraction of sp³-hybridized carbons (Fsp3) is 1.00. The van der Waals surface area contributed by atoms with Crippen molar-refractivity contribution in [1.82, 2.24) is 0 Å². The Bertz CT molecular complexity index is 223. The van der Waals surface area contributed by atoms with Crippen LogP contribution in [0.2, 0.25) is 0 Å². The Hall–Kier alpha value is 2.88. The fourth-order valence-corrected chi connectivity index (χ4v) is 25.9. The summed E-state index contributed by atoms with van der Waals surface area (Å²) in [7, 11) is 0. The van der Waals surface area contributed by atoms with Crippen molar-refractivity contribution < 1.29 is 0 Å². The van der Waals surface area contributed by atoms with Gasteiger partial charge in [0.1, 0.15) is 0 Å². The molecule has 8 heteroatoms. The maximum atomic E-state index is 5.17. The van der Waals surface area contributed by atoms with E-state index in [1.54, 1.807) is 0 Å². The summed E-state index contributed by atoms with van der Waals surface area (Å²) in [4.78, 5) is 0. The van der Waals surface area contributed by atoms with E-state index in [9.17, 15) is 0 Å². The molecule has 17 heavy (non-hydrogen) atoms. The van der Waals surface area contributed by atoms with E-state index in [-0.39, 0.29) is 0 Å². The molecule has 0 unspecified atom stereocenters. The average molecular weight is 380 g/mol. The van der Waals surface area contributed by atoms with Crippen molar-refractivity contribution in [3.8, 4) is 0 Å². The summed E-state index contributed by atoms with van der Waals surface area (Å²) in [6.45, 7) is 0. The first-order valence-electron chi connectivity index (χ1n) is 5.64. The molecule has 0 aliphatic carbocycles. The van der Waals surface area contributed by atoms with E-state index in [1.807, 2.05) is 0 Å². The predicted molar refractivity (Wildman–Crippen MR) is 102 cm³/mol. The molecular formula is C9H16PS7+. The summed E-state index contributed by atoms with van der Waals surface area (Å²) in [5.74, 6) is 8.21. The first-order valence-corrected chi connectivity index (χ1v) is 16.5. The highest BCUT2D eigenvalue weighted by molar-refractivity contribution is 9.36. The molecule has 0 nitrogen and oxygen atoms in total. The molecule has 0 atom stereocenters. The zero-order valence-corrected chi connectivity index (χ0v) is 16.0. The Kier molecular flexibility index (Phi) is 5.89. The second kappa shape index (κ2) is 6.76. The van der Waals surface area contributed by atoms with Crippen molar-refractivity contribution in [3.63, 3.8) is 0 Å². The number of hydrogen-bond donors (Lipinski definition) is 1. The van der Waals surface area contributed by atoms with Gasteiger partial charge in [-0.1, -0.05) is 0 Å². The van der Waals surface area contributed by atoms with E-state index in [0.29, 0.717) is 0 Å². The van der Waals surface area contributed by atoms with Crippen molar-refractivity contribution >= 4 is 85.7 Å². The minimum absolute atomic E-state index is 0.909. The number of thioether (sulfide) groups is 3. The van der Waals surface area contributed by atoms with Gasteiger partial charge < -0.3 is 0 Å². The summed E-state index contributed by atoms with van der Waals surface area (Å²) < 4.78 is -1.13. The molecule has 3 aliphatic heterocycles. The molecule has 3 rings (SSSR count). The molecule has 0 aromatic carbocycles. The average Bonchev–Trinajstić information content (AvgIpc) is 2.13. The normalized spacial score (nSPS) is 27.4. The van der Waals surface area contributed by atoms with Crippen LogP contribution in [-0.4, -0.2) is 50.3 Å². The molecule has 0 aromatic rings. The lowest BCUT2D eigenvalue weighted by Gasteiger charge is -2.33. The van der Waals surface area contributed by atoms with Crippen LogP contribution in [0.15, 0.2) is 0 Å². The number of thiol groups is 1. The van der Waals surface area contributed by atoms with Gasteiger partial charge in [-0.3, -0.25) is 0 Å². The molecule has 98 valence electrons. The summed E-state index contributed by atoms with van der Waals surface area (Å²) in [5.41, 5.74) is 0. The minimum Gasteiger partial charge on any atom is -0.159 e. The molecule has 0 aromatic heterocycles. The largest absolute Gasteiger partial charge is 0.246 e. The predicted octanol–water partition coefficient (Wildman–Crippen LogP) is 5.14. The van der Waals surface area contributed by atoms with E-state index in [0.717, 1.165) is 15.7 Å². The van der Waals surface area contributed by atoms with Crippen LogP contribution in [-0.2, 0) is 0 Å². The second-order valence-corrected chi connectivity index (χ2v) is 24.2. The molecule has 3 aliphatic rings. The second-order valence-electron chi connectivity index (χ2n) is 4.26. The maximum absolute atomic E-state index is 5.17. The van der Waals surface area contributed by atoms with Crippen molar-refractivity contribution in [2.24, 2.45) is 0 Å². The van der Waals surface area contributed by atoms with E-state index in [2.05, 4.69) is 69.4 Å². The highest BCUT2D eigenvalue weighted by Crippen LogP contribution is 2.94. The van der Waals surface area contributed by atoms with E-state index in [1.165, 1.54) is 34.5 Å². The Morgan fingerprint density at radius 1 is 0.706 bits per heavy atom. The molecule has 0 radical (unpaired) electrons. The molecule has 3 heterocycles. The highest BCUT2D eigenvalue weighted by atomic mass is 33.6. The van der Waals surface area contributed by atoms with Crippen LogP contribution in [0.25, 0.3) is 0 Å². The Labute approximate surface area is 135 Å². The van der Waals surface area contributed by atoms with Gasteiger partial charge in [-0.25, -0.2) is 0 Å². The monoisotopic (exact) mass is 379 g/mol. The first-order chi connectivity index (χ1) is 8.23. The maximum Gasteiger partial charge on any atom is 0.246 e. The van der Waals surface area contributed by atoms with Gasteiger partial charge in [-0.2, -0.15) is 35.3 Å². The third kappa shape index (κ3) is 4.18. The lowest BCUT2D eigenvalue weighted by atomic mass is 10.5. The third-order valence-corrected chi connectivity index (χ3v) is 22.7. The van der Waals surface area contributed by atoms with Crippen molar-refractivity contribution in [2.75, 3.05) is 34.5 Å². The van der Waals surface area contributed by atoms with Gasteiger partial charge in [-0.05, 0) is 0 Å². The number of hydrogen-bond acceptors (Lipinski definition) is 7. The van der Waals surface area contributed by atoms with Crippen molar-refractivity contribution in [1.29, 1.82) is 0 Å². The molecule has 0 N–H and O–H groups in total. The van der Waals surface area contributed by atoms with Gasteiger partial charge in [0.2, 0.25) is 4.07 Å². The first kappa shape index (κ1) is 14.8. The summed E-state index contributed by atoms with van der Waals surface area (Å²) >= 11 is 18.2. The van der Waals surface area contributed by atoms with Crippen LogP contribution in [0.1, 0.15) is 0 Å². The number of rotatable bonds is 6. The van der Waals surface area contributed by atoms with Gasteiger partial charge >= 0.3 is 0 Å². The minimum atomic E-state index is -1.13. The lowest BCUT2D eigenvalue weighted by molar-refractivity contribution is 1.09. The third-order valence-electron chi connectivity index (χ3n) is 2.67. The standard InChI is InChI=1S/C9H16PS7/c11-10(15-7-1-12-2-7,16-8-3-13-4-8)17-9-5-14-6-9/h7-9,11H,1-6H2/q+1. The van der Waals surface area contributed by atoms with Gasteiger partial charge in [-0.15, -0.1) is 0 Å². The Morgan fingerprint density at radius 2 is 1.00 bits per heavy atom. The smallest absolute Gasteiger partial charge is 0.159 e. The van der Waals surface area contributed by atoms with E-state index in [4.69, 9.17) is 12.2 Å². The zero-order chi connectivity index (χ0) is 11.7. The van der Waals surface area contributed by atoms with E-state index >= 15 is 0 Å². The molecule has 0 spiro atoms. The van der Waals surface area contributed by atoms with Crippen LogP contribution in [0.4, 0.5) is 0 Å². The molecule has 3 saturated heterocycles. The lowest BCUT2D eigenvalue weighted by Crippen LogP contribution is -2.24. The summed E-state index contributed by atoms with van der Waals surface area (Å²) in [6.07, 6.45) is 0. The summed E-state index contributed by atoms with van der Waals surface area (Å²) in [6, 6.07) is 0. The van der Waals surface area contributed by atoms with Gasteiger partial charge in [0.15, 0.2) is 0 Å². The van der Waals surface area contributed by atoms with Crippen LogP contribution >= 0.6 is 85.7 Å². The van der Waals surface area contributed by atoms with Crippen molar-refractivity contribution in [3.05, 3.63) is 0 Å². The molecule has 0 saturated carbocycles. The van der Waals surface area contributed by atoms with Crippen molar-refractivity contribution in [2.45, 2.75) is 15.7 Å². The fourth-order valence-electron chi connectivity index (χ4n) is 1.46. The molecule has 0 bridgehead atoms. The molecular weight excluding hydrogens is 364 g/mol. The van der Waals surface area contributed by atoms with Gasteiger partial charge in [0, 0.05) is 46.8 Å². The highest BCUT2D eigenvalue weighted by Gasteiger charge is 2.50. The Balaban J connectivity index is 1.55. The topological polar surface area (TPSA) is 0 Å². The van der Waals surface area contributed by atoms with Crippen LogP contribution in [0.3, 0.4) is 0 Å². The van der Waals surface area contributed by atoms with E-state index < -0.39 is 4.07 Å². The van der Waals surface area contributed by atoms with Crippen LogP contribution < -0.4 is 0 Å². The van der Waals surface area contributed by atoms with Crippen LogP contribution in [0.5, 0.6) is 0 Å². The Morgan fingerprint density at radius 3 is 1.18 bits per heavy atom. The SMILES string of the molecule is S[P+](SC1CSC1)(SC1CSC1)SC1CSC1. The molecule has 3 fully saturated rings. The zero-order valence-electron chi connectivity index (χ0n) is 9.32. The van der Waals surface area contributed by atoms with Gasteiger partial charge in [0.05, 0.1) is 49.9 Å². The molecule has 0 amide bonds. The van der Waals surface area contributed by atoms with Gasteiger partial charge in [0.25, 0.3) is 0 Å². The summed E-state index contributed by atoms with van der Waals surface area (Å²) in [5, 5.41) is 2.73.